The van der Waals surface area contributed by atoms with Gasteiger partial charge in [0.05, 0.1) is 30.1 Å². The van der Waals surface area contributed by atoms with Crippen LogP contribution in [0.3, 0.4) is 0 Å². The second-order valence-electron chi connectivity index (χ2n) is 15.5. The van der Waals surface area contributed by atoms with Crippen molar-refractivity contribution in [2.45, 2.75) is 102 Å². The van der Waals surface area contributed by atoms with Crippen molar-refractivity contribution in [1.29, 1.82) is 0 Å². The normalized spacial score (nSPS) is 33.6. The summed E-state index contributed by atoms with van der Waals surface area (Å²) in [5, 5.41) is 25.1. The highest BCUT2D eigenvalue weighted by molar-refractivity contribution is 6.26. The van der Waals surface area contributed by atoms with Crippen molar-refractivity contribution in [3.05, 3.63) is 82.9 Å². The van der Waals surface area contributed by atoms with Gasteiger partial charge in [0.25, 0.3) is 0 Å². The molecule has 6 rings (SSSR count). The maximum atomic E-state index is 14.8. The predicted octanol–water partition coefficient (Wildman–Crippen LogP) is 4.47. The molecule has 0 spiro atoms. The van der Waals surface area contributed by atoms with Crippen molar-refractivity contribution in [3.8, 4) is 0 Å². The highest BCUT2D eigenvalue weighted by Crippen LogP contribution is 2.61. The number of hydrogen-bond donors (Lipinski definition) is 2. The van der Waals surface area contributed by atoms with Crippen LogP contribution in [-0.4, -0.2) is 94.1 Å². The molecule has 54 heavy (non-hydrogen) atoms. The summed E-state index contributed by atoms with van der Waals surface area (Å²) in [6, 6.07) is 17.0. The van der Waals surface area contributed by atoms with Gasteiger partial charge in [-0.25, -0.2) is 9.59 Å². The maximum Gasteiger partial charge on any atom is 0.348 e. The van der Waals surface area contributed by atoms with Gasteiger partial charge in [-0.2, -0.15) is 0 Å². The molecule has 0 aromatic heterocycles. The molecule has 0 radical (unpaired) electrons. The van der Waals surface area contributed by atoms with Gasteiger partial charge in [-0.3, -0.25) is 14.4 Å². The van der Waals surface area contributed by atoms with Crippen molar-refractivity contribution in [2.24, 2.45) is 23.2 Å². The van der Waals surface area contributed by atoms with Crippen LogP contribution in [-0.2, 0) is 42.9 Å². The average Bonchev–Trinajstić information content (AvgIpc) is 3.13. The Hall–Kier alpha value is -4.10. The van der Waals surface area contributed by atoms with Gasteiger partial charge >= 0.3 is 23.9 Å². The minimum atomic E-state index is -2.12. The lowest BCUT2D eigenvalue weighted by Crippen LogP contribution is -2.78. The van der Waals surface area contributed by atoms with Gasteiger partial charge in [0.2, 0.25) is 6.10 Å². The molecule has 2 N–H and O–H groups in total. The molecule has 13 heteroatoms. The number of Topliss-reactive ketones (excluding diaryl/α,β-unsaturated/α-hetero) is 1. The summed E-state index contributed by atoms with van der Waals surface area (Å²) in [5.41, 5.74) is -3.25. The van der Waals surface area contributed by atoms with E-state index in [1.54, 1.807) is 77.1 Å². The number of esters is 4. The van der Waals surface area contributed by atoms with Crippen molar-refractivity contribution < 1.29 is 57.9 Å². The maximum absolute atomic E-state index is 14.8. The predicted molar refractivity (Wildman–Crippen MR) is 193 cm³/mol. The summed E-state index contributed by atoms with van der Waals surface area (Å²) < 4.78 is 29.9. The third-order valence-electron chi connectivity index (χ3n) is 12.2. The van der Waals surface area contributed by atoms with E-state index in [0.717, 1.165) is 0 Å². The molecule has 2 aromatic carbocycles. The van der Waals surface area contributed by atoms with Gasteiger partial charge in [-0.1, -0.05) is 76.2 Å². The number of ether oxygens (including phenoxy) is 5. The minimum absolute atomic E-state index is 0.0334. The van der Waals surface area contributed by atoms with Gasteiger partial charge in [-0.05, 0) is 35.8 Å². The molecule has 3 aliphatic carbocycles. The van der Waals surface area contributed by atoms with Crippen LogP contribution in [0.15, 0.2) is 71.8 Å². The zero-order valence-corrected chi connectivity index (χ0v) is 31.9. The van der Waals surface area contributed by atoms with Crippen LogP contribution in [0.2, 0.25) is 0 Å². The molecular weight excluding hydrogens is 720 g/mol. The molecule has 0 amide bonds. The summed E-state index contributed by atoms with van der Waals surface area (Å²) >= 11 is 5.78. The molecule has 12 nitrogen and oxygen atoms in total. The first-order valence-corrected chi connectivity index (χ1v) is 18.7. The number of aliphatic hydroxyl groups excluding tert-OH is 1. The molecule has 1 unspecified atom stereocenters. The molecule has 3 fully saturated rings. The van der Waals surface area contributed by atoms with Crippen molar-refractivity contribution in [3.63, 3.8) is 0 Å². The van der Waals surface area contributed by atoms with Crippen LogP contribution < -0.4 is 0 Å². The number of hydrogen-bond acceptors (Lipinski definition) is 12. The van der Waals surface area contributed by atoms with Crippen molar-refractivity contribution in [1.82, 2.24) is 0 Å². The van der Waals surface area contributed by atoms with Crippen LogP contribution in [0.4, 0.5) is 0 Å². The molecule has 4 aliphatic rings. The Bertz CT molecular complexity index is 1830. The summed E-state index contributed by atoms with van der Waals surface area (Å²) in [5.74, 6) is -8.34. The molecule has 11 atom stereocenters. The van der Waals surface area contributed by atoms with E-state index >= 15 is 0 Å². The number of carbonyl (C=O) groups excluding carboxylic acids is 5. The Morgan fingerprint density at radius 3 is 2.22 bits per heavy atom. The molecule has 290 valence electrons. The molecular formula is C41H47ClO12. The van der Waals surface area contributed by atoms with E-state index in [9.17, 15) is 34.2 Å². The number of rotatable bonds is 9. The largest absolute Gasteiger partial charge is 0.455 e. The molecule has 2 bridgehead atoms. The number of halogens is 1. The first-order valence-electron chi connectivity index (χ1n) is 18.2. The molecule has 1 saturated heterocycles. The summed E-state index contributed by atoms with van der Waals surface area (Å²) in [6.45, 7) is 9.57. The lowest BCUT2D eigenvalue weighted by atomic mass is 9.47. The Morgan fingerprint density at radius 2 is 1.65 bits per heavy atom. The Balaban J connectivity index is 1.51. The molecule has 2 aromatic rings. The Kier molecular flexibility index (Phi) is 10.9. The van der Waals surface area contributed by atoms with E-state index in [4.69, 9.17) is 35.3 Å². The van der Waals surface area contributed by atoms with Gasteiger partial charge < -0.3 is 33.9 Å². The fourth-order valence-corrected chi connectivity index (χ4v) is 9.56. The molecule has 1 aliphatic heterocycles. The van der Waals surface area contributed by atoms with Crippen LogP contribution in [0, 0.1) is 23.2 Å². The van der Waals surface area contributed by atoms with E-state index in [0.29, 0.717) is 16.7 Å². The fourth-order valence-electron chi connectivity index (χ4n) is 9.49. The van der Waals surface area contributed by atoms with E-state index < -0.39 is 106 Å². The van der Waals surface area contributed by atoms with E-state index in [-0.39, 0.29) is 25.0 Å². The van der Waals surface area contributed by atoms with E-state index in [1.807, 2.05) is 6.07 Å². The third kappa shape index (κ3) is 6.54. The lowest BCUT2D eigenvalue weighted by Gasteiger charge is -2.65. The van der Waals surface area contributed by atoms with Gasteiger partial charge in [0.15, 0.2) is 5.60 Å². The van der Waals surface area contributed by atoms with E-state index in [2.05, 4.69) is 0 Å². The van der Waals surface area contributed by atoms with Crippen molar-refractivity contribution >= 4 is 41.3 Å². The van der Waals surface area contributed by atoms with Crippen LogP contribution in [0.5, 0.6) is 0 Å². The Morgan fingerprint density at radius 1 is 1.02 bits per heavy atom. The SMILES string of the molecule is CC(=O)O[C@@]12CO[C@@H]1C[C@H](O)C1C(=O)[C@H](C)C3=C(C)[C@@H](OC(=O)[C@H](OC(=O)CCl)[C@@H](C)c4ccccc4)C[C@@](O)([C@@H](OC(=O)c4ccccc4)[C@@H]12)C3(C)C. The summed E-state index contributed by atoms with van der Waals surface area (Å²) in [6.07, 6.45) is -6.79. The first-order chi connectivity index (χ1) is 25.5. The van der Waals surface area contributed by atoms with Crippen LogP contribution in [0.1, 0.15) is 76.2 Å². The highest BCUT2D eigenvalue weighted by Gasteiger charge is 2.74. The van der Waals surface area contributed by atoms with Gasteiger partial charge in [0, 0.05) is 37.0 Å². The zero-order chi connectivity index (χ0) is 39.3. The quantitative estimate of drug-likeness (QED) is 0.159. The first kappa shape index (κ1) is 39.6. The average molecular weight is 767 g/mol. The molecule has 2 saturated carbocycles. The number of alkyl halides is 1. The number of carbonyl (C=O) groups is 5. The minimum Gasteiger partial charge on any atom is -0.455 e. The monoisotopic (exact) mass is 766 g/mol. The second-order valence-corrected chi connectivity index (χ2v) is 15.8. The zero-order valence-electron chi connectivity index (χ0n) is 31.2. The third-order valence-corrected chi connectivity index (χ3v) is 12.5. The lowest BCUT2D eigenvalue weighted by molar-refractivity contribution is -0.331. The summed E-state index contributed by atoms with van der Waals surface area (Å²) in [4.78, 5) is 68.3. The number of fused-ring (bicyclic) bond motifs is 5. The second kappa shape index (κ2) is 14.9. The topological polar surface area (TPSA) is 172 Å². The fraction of sp³-hybridized carbons (Fsp3) is 0.537. The number of aliphatic hydroxyl groups is 2. The Labute approximate surface area is 319 Å². The standard InChI is InChI=1S/C41H47ClO12/c1-21(25-13-9-7-10-14-25)35(52-30(45)19-42)38(48)51-28-18-41(49)36(53-37(47)26-15-11-8-12-16-26)33-31(34(46)23(3)32(22(28)2)39(41,5)6)27(44)17-29-40(33,20-50-29)54-24(4)43/h7-16,21,23,27-29,31,33,35-36,44,49H,17-20H2,1-6H3/t21-,23+,27-,28-,29+,31?,33+,35+,36-,40-,41+/m0/s1. The van der Waals surface area contributed by atoms with Crippen molar-refractivity contribution in [2.75, 3.05) is 12.5 Å². The van der Waals surface area contributed by atoms with Gasteiger partial charge in [-0.15, -0.1) is 11.6 Å². The number of ketones is 1. The number of benzene rings is 2. The van der Waals surface area contributed by atoms with E-state index in [1.165, 1.54) is 19.1 Å². The smallest absolute Gasteiger partial charge is 0.348 e. The van der Waals surface area contributed by atoms with Crippen LogP contribution >= 0.6 is 11.6 Å². The van der Waals surface area contributed by atoms with Gasteiger partial charge in [0.1, 0.15) is 35.6 Å². The summed E-state index contributed by atoms with van der Waals surface area (Å²) in [7, 11) is 0. The highest BCUT2D eigenvalue weighted by atomic mass is 35.5. The molecule has 1 heterocycles. The van der Waals surface area contributed by atoms with Crippen LogP contribution in [0.25, 0.3) is 0 Å².